The Balaban J connectivity index is 3.13. The SMILES string of the molecule is Nc1cnncc1Cl. The molecule has 0 saturated carbocycles. The molecule has 0 atom stereocenters. The number of halogens is 1. The van der Waals surface area contributed by atoms with Gasteiger partial charge in [-0.2, -0.15) is 10.2 Å². The topological polar surface area (TPSA) is 51.8 Å². The standard InChI is InChI=1S/C4H4ClN3/c5-3-1-7-8-2-4(3)6/h1-2H,(H2,6,7). The molecule has 0 aliphatic carbocycles. The van der Waals surface area contributed by atoms with E-state index in [1.807, 2.05) is 0 Å². The minimum absolute atomic E-state index is 0.444. The molecule has 1 aromatic heterocycles. The van der Waals surface area contributed by atoms with Gasteiger partial charge < -0.3 is 5.73 Å². The third-order valence-electron chi connectivity index (χ3n) is 0.710. The summed E-state index contributed by atoms with van der Waals surface area (Å²) in [5.41, 5.74) is 5.75. The van der Waals surface area contributed by atoms with E-state index in [-0.39, 0.29) is 0 Å². The molecule has 0 aliphatic heterocycles. The first kappa shape index (κ1) is 5.31. The Kier molecular flexibility index (Phi) is 1.30. The average molecular weight is 130 g/mol. The maximum atomic E-state index is 5.48. The Bertz CT molecular complexity index is 167. The van der Waals surface area contributed by atoms with E-state index in [2.05, 4.69) is 10.2 Å². The number of anilines is 1. The van der Waals surface area contributed by atoms with E-state index in [0.29, 0.717) is 10.7 Å². The van der Waals surface area contributed by atoms with Gasteiger partial charge in [0.2, 0.25) is 0 Å². The van der Waals surface area contributed by atoms with E-state index >= 15 is 0 Å². The van der Waals surface area contributed by atoms with Crippen LogP contribution in [0.5, 0.6) is 0 Å². The molecule has 1 aromatic rings. The van der Waals surface area contributed by atoms with E-state index in [9.17, 15) is 0 Å². The highest BCUT2D eigenvalue weighted by Gasteiger charge is 1.89. The van der Waals surface area contributed by atoms with E-state index in [1.54, 1.807) is 0 Å². The molecule has 0 radical (unpaired) electrons. The summed E-state index contributed by atoms with van der Waals surface area (Å²) in [5.74, 6) is 0. The van der Waals surface area contributed by atoms with Crippen LogP contribution >= 0.6 is 11.6 Å². The maximum absolute atomic E-state index is 5.48. The highest BCUT2D eigenvalue weighted by Crippen LogP contribution is 2.12. The van der Waals surface area contributed by atoms with Gasteiger partial charge in [-0.15, -0.1) is 0 Å². The number of aromatic nitrogens is 2. The molecule has 0 saturated heterocycles. The second-order valence-electron chi connectivity index (χ2n) is 1.29. The Labute approximate surface area is 51.5 Å². The molecular formula is C4H4ClN3. The molecule has 42 valence electrons. The zero-order valence-corrected chi connectivity index (χ0v) is 4.76. The fourth-order valence-electron chi connectivity index (χ4n) is 0.316. The van der Waals surface area contributed by atoms with Crippen LogP contribution in [0.3, 0.4) is 0 Å². The molecule has 0 bridgehead atoms. The highest BCUT2D eigenvalue weighted by molar-refractivity contribution is 6.32. The lowest BCUT2D eigenvalue weighted by Gasteiger charge is -1.89. The van der Waals surface area contributed by atoms with Crippen molar-refractivity contribution in [2.24, 2.45) is 0 Å². The Morgan fingerprint density at radius 2 is 2.00 bits per heavy atom. The van der Waals surface area contributed by atoms with Gasteiger partial charge in [-0.3, -0.25) is 0 Å². The smallest absolute Gasteiger partial charge is 0.0853 e. The van der Waals surface area contributed by atoms with Gasteiger partial charge in [0.25, 0.3) is 0 Å². The van der Waals surface area contributed by atoms with E-state index in [1.165, 1.54) is 12.4 Å². The number of nitrogens with zero attached hydrogens (tertiary/aromatic N) is 2. The lowest BCUT2D eigenvalue weighted by molar-refractivity contribution is 1.03. The summed E-state index contributed by atoms with van der Waals surface area (Å²) < 4.78 is 0. The van der Waals surface area contributed by atoms with Gasteiger partial charge in [-0.05, 0) is 0 Å². The number of nitrogens with two attached hydrogens (primary N) is 1. The van der Waals surface area contributed by atoms with Crippen LogP contribution < -0.4 is 5.73 Å². The maximum Gasteiger partial charge on any atom is 0.0853 e. The second kappa shape index (κ2) is 1.96. The lowest BCUT2D eigenvalue weighted by Crippen LogP contribution is -1.88. The van der Waals surface area contributed by atoms with E-state index in [0.717, 1.165) is 0 Å². The Morgan fingerprint density at radius 1 is 1.38 bits per heavy atom. The van der Waals surface area contributed by atoms with Crippen molar-refractivity contribution in [2.75, 3.05) is 5.73 Å². The zero-order chi connectivity index (χ0) is 5.98. The molecule has 1 heterocycles. The van der Waals surface area contributed by atoms with Crippen molar-refractivity contribution in [1.82, 2.24) is 10.2 Å². The van der Waals surface area contributed by atoms with Crippen LogP contribution in [0.1, 0.15) is 0 Å². The quantitative estimate of drug-likeness (QED) is 0.562. The third-order valence-corrected chi connectivity index (χ3v) is 1.03. The fourth-order valence-corrected chi connectivity index (χ4v) is 0.408. The van der Waals surface area contributed by atoms with Crippen molar-refractivity contribution in [3.63, 3.8) is 0 Å². The van der Waals surface area contributed by atoms with Crippen LogP contribution in [0.2, 0.25) is 5.02 Å². The number of nitrogen functional groups attached to an aromatic ring is 1. The van der Waals surface area contributed by atoms with Crippen LogP contribution in [-0.4, -0.2) is 10.2 Å². The second-order valence-corrected chi connectivity index (χ2v) is 1.70. The van der Waals surface area contributed by atoms with Gasteiger partial charge in [-0.1, -0.05) is 11.6 Å². The van der Waals surface area contributed by atoms with Gasteiger partial charge in [0.1, 0.15) is 0 Å². The van der Waals surface area contributed by atoms with Crippen molar-refractivity contribution in [2.45, 2.75) is 0 Å². The molecule has 0 amide bonds. The number of rotatable bonds is 0. The Hall–Kier alpha value is -0.830. The van der Waals surface area contributed by atoms with E-state index < -0.39 is 0 Å². The first-order chi connectivity index (χ1) is 3.80. The fraction of sp³-hybridized carbons (Fsp3) is 0. The first-order valence-corrected chi connectivity index (χ1v) is 2.40. The zero-order valence-electron chi connectivity index (χ0n) is 4.00. The van der Waals surface area contributed by atoms with Crippen LogP contribution in [0.15, 0.2) is 12.4 Å². The minimum atomic E-state index is 0.444. The largest absolute Gasteiger partial charge is 0.396 e. The predicted molar refractivity (Wildman–Crippen MR) is 31.5 cm³/mol. The minimum Gasteiger partial charge on any atom is -0.396 e. The average Bonchev–Trinajstić information content (AvgIpc) is 1.77. The molecule has 8 heavy (non-hydrogen) atoms. The highest BCUT2D eigenvalue weighted by atomic mass is 35.5. The molecule has 0 fully saturated rings. The molecule has 4 heteroatoms. The molecule has 3 nitrogen and oxygen atoms in total. The summed E-state index contributed by atoms with van der Waals surface area (Å²) in [6, 6.07) is 0. The molecule has 2 N–H and O–H groups in total. The van der Waals surface area contributed by atoms with Crippen LogP contribution in [0.4, 0.5) is 5.69 Å². The third kappa shape index (κ3) is 0.869. The number of hydrogen-bond donors (Lipinski definition) is 1. The van der Waals surface area contributed by atoms with Crippen molar-refractivity contribution in [3.8, 4) is 0 Å². The lowest BCUT2D eigenvalue weighted by atomic mass is 10.5. The normalized spacial score (nSPS) is 9.12. The summed E-state index contributed by atoms with van der Waals surface area (Å²) in [6.07, 6.45) is 2.80. The Morgan fingerprint density at radius 3 is 2.38 bits per heavy atom. The first-order valence-electron chi connectivity index (χ1n) is 2.02. The summed E-state index contributed by atoms with van der Waals surface area (Å²) in [4.78, 5) is 0. The van der Waals surface area contributed by atoms with Crippen molar-refractivity contribution in [3.05, 3.63) is 17.4 Å². The van der Waals surface area contributed by atoms with Crippen LogP contribution in [0, 0.1) is 0 Å². The molecule has 0 spiro atoms. The summed E-state index contributed by atoms with van der Waals surface area (Å²) >= 11 is 5.48. The van der Waals surface area contributed by atoms with Gasteiger partial charge in [0.15, 0.2) is 0 Å². The van der Waals surface area contributed by atoms with Crippen molar-refractivity contribution in [1.29, 1.82) is 0 Å². The van der Waals surface area contributed by atoms with E-state index in [4.69, 9.17) is 17.3 Å². The predicted octanol–water partition coefficient (Wildman–Crippen LogP) is 0.712. The molecule has 1 rings (SSSR count). The van der Waals surface area contributed by atoms with Gasteiger partial charge >= 0.3 is 0 Å². The molecule has 0 aliphatic rings. The summed E-state index contributed by atoms with van der Waals surface area (Å²) in [5, 5.41) is 7.41. The summed E-state index contributed by atoms with van der Waals surface area (Å²) in [7, 11) is 0. The number of hydrogen-bond acceptors (Lipinski definition) is 3. The van der Waals surface area contributed by atoms with Crippen molar-refractivity contribution >= 4 is 17.3 Å². The van der Waals surface area contributed by atoms with Gasteiger partial charge in [0.05, 0.1) is 23.1 Å². The molecule has 0 aromatic carbocycles. The monoisotopic (exact) mass is 129 g/mol. The molecular weight excluding hydrogens is 126 g/mol. The van der Waals surface area contributed by atoms with Gasteiger partial charge in [0, 0.05) is 0 Å². The van der Waals surface area contributed by atoms with Gasteiger partial charge in [-0.25, -0.2) is 0 Å². The molecule has 0 unspecified atom stereocenters. The van der Waals surface area contributed by atoms with Crippen molar-refractivity contribution < 1.29 is 0 Å². The summed E-state index contributed by atoms with van der Waals surface area (Å²) in [6.45, 7) is 0. The van der Waals surface area contributed by atoms with Crippen LogP contribution in [0.25, 0.3) is 0 Å². The van der Waals surface area contributed by atoms with Crippen LogP contribution in [-0.2, 0) is 0 Å².